The van der Waals surface area contributed by atoms with Gasteiger partial charge in [-0.2, -0.15) is 0 Å². The quantitative estimate of drug-likeness (QED) is 0.686. The van der Waals surface area contributed by atoms with E-state index < -0.39 is 5.97 Å². The van der Waals surface area contributed by atoms with Crippen molar-refractivity contribution in [3.05, 3.63) is 0 Å². The molecule has 2 fully saturated rings. The molecule has 0 spiro atoms. The van der Waals surface area contributed by atoms with Gasteiger partial charge in [-0.1, -0.05) is 6.92 Å². The van der Waals surface area contributed by atoms with Gasteiger partial charge in [0.05, 0.1) is 12.5 Å². The van der Waals surface area contributed by atoms with Gasteiger partial charge in [-0.3, -0.25) is 9.59 Å². The van der Waals surface area contributed by atoms with Crippen LogP contribution in [0.5, 0.6) is 0 Å². The monoisotopic (exact) mass is 198 g/mol. The first-order chi connectivity index (χ1) is 6.59. The number of carbonyl (C=O) groups excluding carboxylic acids is 1. The Morgan fingerprint density at radius 2 is 2.43 bits per heavy atom. The van der Waals surface area contributed by atoms with E-state index in [1.807, 2.05) is 6.92 Å². The second kappa shape index (κ2) is 3.05. The fourth-order valence-electron chi connectivity index (χ4n) is 2.47. The number of epoxide rings is 1. The predicted octanol–water partition coefficient (Wildman–Crippen LogP) is 0.988. The molecular weight excluding hydrogens is 184 g/mol. The smallest absolute Gasteiger partial charge is 0.304 e. The van der Waals surface area contributed by atoms with Crippen molar-refractivity contribution in [1.29, 1.82) is 0 Å². The van der Waals surface area contributed by atoms with E-state index in [0.29, 0.717) is 12.8 Å². The third-order valence-electron chi connectivity index (χ3n) is 3.49. The average molecular weight is 198 g/mol. The molecule has 1 saturated heterocycles. The van der Waals surface area contributed by atoms with Crippen LogP contribution < -0.4 is 0 Å². The van der Waals surface area contributed by atoms with Crippen molar-refractivity contribution in [3.63, 3.8) is 0 Å². The molecule has 1 heterocycles. The lowest BCUT2D eigenvalue weighted by molar-refractivity contribution is -0.141. The van der Waals surface area contributed by atoms with E-state index in [-0.39, 0.29) is 29.8 Å². The zero-order valence-electron chi connectivity index (χ0n) is 8.16. The van der Waals surface area contributed by atoms with Crippen LogP contribution in [0.4, 0.5) is 0 Å². The highest BCUT2D eigenvalue weighted by Crippen LogP contribution is 2.51. The first-order valence-corrected chi connectivity index (χ1v) is 4.99. The summed E-state index contributed by atoms with van der Waals surface area (Å²) in [4.78, 5) is 22.0. The van der Waals surface area contributed by atoms with Crippen molar-refractivity contribution in [2.75, 3.05) is 0 Å². The number of hydrogen-bond donors (Lipinski definition) is 1. The van der Waals surface area contributed by atoms with E-state index in [9.17, 15) is 9.59 Å². The summed E-state index contributed by atoms with van der Waals surface area (Å²) < 4.78 is 5.28. The Kier molecular flexibility index (Phi) is 2.10. The molecule has 0 radical (unpaired) electrons. The third kappa shape index (κ3) is 1.34. The Morgan fingerprint density at radius 3 is 3.00 bits per heavy atom. The highest BCUT2D eigenvalue weighted by Gasteiger charge is 2.60. The van der Waals surface area contributed by atoms with Crippen LogP contribution in [0.1, 0.15) is 32.6 Å². The summed E-state index contributed by atoms with van der Waals surface area (Å²) in [7, 11) is 0. The minimum absolute atomic E-state index is 0.121. The number of carboxylic acids is 1. The van der Waals surface area contributed by atoms with Gasteiger partial charge in [0.2, 0.25) is 0 Å². The predicted molar refractivity (Wildman–Crippen MR) is 47.9 cm³/mol. The molecule has 3 atom stereocenters. The van der Waals surface area contributed by atoms with Gasteiger partial charge >= 0.3 is 5.97 Å². The van der Waals surface area contributed by atoms with E-state index in [1.165, 1.54) is 0 Å². The molecular formula is C10H14O4. The maximum absolute atomic E-state index is 11.3. The molecule has 0 bridgehead atoms. The Labute approximate surface area is 82.2 Å². The Balaban J connectivity index is 2.13. The van der Waals surface area contributed by atoms with Gasteiger partial charge < -0.3 is 9.84 Å². The van der Waals surface area contributed by atoms with Gasteiger partial charge in [-0.15, -0.1) is 0 Å². The Morgan fingerprint density at radius 1 is 1.71 bits per heavy atom. The number of aliphatic carboxylic acids is 1. The minimum Gasteiger partial charge on any atom is -0.481 e. The second-order valence-electron chi connectivity index (χ2n) is 4.23. The molecule has 0 amide bonds. The van der Waals surface area contributed by atoms with Gasteiger partial charge in [0.15, 0.2) is 5.78 Å². The van der Waals surface area contributed by atoms with Crippen molar-refractivity contribution < 1.29 is 19.4 Å². The molecule has 2 rings (SSSR count). The maximum atomic E-state index is 11.3. The zero-order chi connectivity index (χ0) is 10.3. The third-order valence-corrected chi connectivity index (χ3v) is 3.49. The maximum Gasteiger partial charge on any atom is 0.304 e. The molecule has 0 aromatic carbocycles. The molecule has 0 unspecified atom stereocenters. The fraction of sp³-hybridized carbons (Fsp3) is 0.800. The molecule has 1 aliphatic heterocycles. The van der Waals surface area contributed by atoms with E-state index >= 15 is 0 Å². The number of fused-ring (bicyclic) bond motifs is 1. The molecule has 0 aromatic heterocycles. The normalized spacial score (nSPS) is 40.5. The number of ketones is 1. The first-order valence-electron chi connectivity index (χ1n) is 4.99. The molecule has 1 aliphatic carbocycles. The zero-order valence-corrected chi connectivity index (χ0v) is 8.16. The Bertz CT molecular complexity index is 286. The topological polar surface area (TPSA) is 66.9 Å². The van der Waals surface area contributed by atoms with E-state index in [4.69, 9.17) is 9.84 Å². The summed E-state index contributed by atoms with van der Waals surface area (Å²) in [6.45, 7) is 1.97. The van der Waals surface area contributed by atoms with E-state index in [0.717, 1.165) is 6.42 Å². The summed E-state index contributed by atoms with van der Waals surface area (Å²) in [6.07, 6.45) is 1.62. The first kappa shape index (κ1) is 9.65. The number of Topliss-reactive ketones (excluding diaryl/α,β-unsaturated/α-hetero) is 1. The molecule has 4 heteroatoms. The van der Waals surface area contributed by atoms with Crippen molar-refractivity contribution >= 4 is 11.8 Å². The summed E-state index contributed by atoms with van der Waals surface area (Å²) in [5.74, 6) is -0.653. The van der Waals surface area contributed by atoms with Crippen LogP contribution >= 0.6 is 0 Å². The number of ether oxygens (including phenoxy) is 1. The minimum atomic E-state index is -0.796. The van der Waals surface area contributed by atoms with Crippen LogP contribution in [0.3, 0.4) is 0 Å². The fourth-order valence-corrected chi connectivity index (χ4v) is 2.47. The van der Waals surface area contributed by atoms with Gasteiger partial charge in [-0.05, 0) is 12.8 Å². The highest BCUT2D eigenvalue weighted by atomic mass is 16.6. The SMILES string of the molecule is CC[C@]1(CC(=O)O)CCC(=O)[C@H]2O[C@H]21. The standard InChI is InChI=1S/C10H14O4/c1-2-10(5-7(12)13)4-3-6(11)8-9(10)14-8/h8-9H,2-5H2,1H3,(H,12,13)/t8-,9-,10-/m1/s1. The molecule has 0 aromatic rings. The number of hydrogen-bond acceptors (Lipinski definition) is 3. The van der Waals surface area contributed by atoms with Crippen molar-refractivity contribution in [2.24, 2.45) is 5.41 Å². The lowest BCUT2D eigenvalue weighted by Gasteiger charge is -2.31. The molecule has 1 saturated carbocycles. The molecule has 1 N–H and O–H groups in total. The number of carbonyl (C=O) groups is 2. The van der Waals surface area contributed by atoms with Crippen molar-refractivity contribution in [3.8, 4) is 0 Å². The van der Waals surface area contributed by atoms with Gasteiger partial charge in [0.25, 0.3) is 0 Å². The van der Waals surface area contributed by atoms with Crippen LogP contribution in [0.2, 0.25) is 0 Å². The summed E-state index contributed by atoms with van der Waals surface area (Å²) >= 11 is 0. The van der Waals surface area contributed by atoms with Crippen LogP contribution in [0.25, 0.3) is 0 Å². The van der Waals surface area contributed by atoms with E-state index in [2.05, 4.69) is 0 Å². The van der Waals surface area contributed by atoms with Gasteiger partial charge in [0.1, 0.15) is 6.10 Å². The summed E-state index contributed by atoms with van der Waals surface area (Å²) in [5.41, 5.74) is -0.287. The summed E-state index contributed by atoms with van der Waals surface area (Å²) in [6, 6.07) is 0. The largest absolute Gasteiger partial charge is 0.481 e. The second-order valence-corrected chi connectivity index (χ2v) is 4.23. The highest BCUT2D eigenvalue weighted by molar-refractivity contribution is 5.87. The average Bonchev–Trinajstić information content (AvgIpc) is 2.90. The molecule has 2 aliphatic rings. The van der Waals surface area contributed by atoms with E-state index in [1.54, 1.807) is 0 Å². The lowest BCUT2D eigenvalue weighted by Crippen LogP contribution is -2.37. The molecule has 4 nitrogen and oxygen atoms in total. The lowest BCUT2D eigenvalue weighted by atomic mass is 9.69. The van der Waals surface area contributed by atoms with Crippen molar-refractivity contribution in [1.82, 2.24) is 0 Å². The van der Waals surface area contributed by atoms with Crippen LogP contribution in [0.15, 0.2) is 0 Å². The summed E-state index contributed by atoms with van der Waals surface area (Å²) in [5, 5.41) is 8.82. The number of rotatable bonds is 3. The molecule has 14 heavy (non-hydrogen) atoms. The van der Waals surface area contributed by atoms with Crippen LogP contribution in [0, 0.1) is 5.41 Å². The van der Waals surface area contributed by atoms with Crippen molar-refractivity contribution in [2.45, 2.75) is 44.8 Å². The van der Waals surface area contributed by atoms with Crippen LogP contribution in [-0.2, 0) is 14.3 Å². The van der Waals surface area contributed by atoms with Crippen LogP contribution in [-0.4, -0.2) is 29.1 Å². The molecule has 78 valence electrons. The Hall–Kier alpha value is -0.900. The van der Waals surface area contributed by atoms with Gasteiger partial charge in [0, 0.05) is 11.8 Å². The number of carboxylic acid groups (broad SMARTS) is 1. The van der Waals surface area contributed by atoms with Gasteiger partial charge in [-0.25, -0.2) is 0 Å².